The van der Waals surface area contributed by atoms with E-state index in [1.807, 2.05) is 24.3 Å². The number of benzene rings is 2. The standard InChI is InChI=1S/C27H30N2O6/c30-25(31)12-24(16-9-10-16)29-26(32)17-11-18(34-14-17)13-28-27(33)35-15-23-21-7-3-1-5-19(21)20-6-2-4-8-22(20)23/h1-8,16-18,23-24H,9-15H2,(H,28,33)(H,29,32)(H,30,31)/t17-,18-,24?/m0/s1. The average molecular weight is 479 g/mol. The predicted octanol–water partition coefficient (Wildman–Crippen LogP) is 3.30. The molecule has 0 aromatic heterocycles. The quantitative estimate of drug-likeness (QED) is 0.510. The highest BCUT2D eigenvalue weighted by Crippen LogP contribution is 2.44. The molecular weight excluding hydrogens is 448 g/mol. The van der Waals surface area contributed by atoms with Crippen molar-refractivity contribution in [3.05, 3.63) is 59.7 Å². The highest BCUT2D eigenvalue weighted by atomic mass is 16.5. The summed E-state index contributed by atoms with van der Waals surface area (Å²) in [5.74, 6) is -1.18. The molecule has 3 aliphatic rings. The minimum atomic E-state index is -0.907. The smallest absolute Gasteiger partial charge is 0.407 e. The Bertz CT molecular complexity index is 1070. The number of amides is 2. The largest absolute Gasteiger partial charge is 0.481 e. The van der Waals surface area contributed by atoms with Gasteiger partial charge in [-0.15, -0.1) is 0 Å². The molecule has 2 amide bonds. The Morgan fingerprint density at radius 3 is 2.31 bits per heavy atom. The van der Waals surface area contributed by atoms with Crippen molar-refractivity contribution in [2.75, 3.05) is 19.8 Å². The fourth-order valence-electron chi connectivity index (χ4n) is 5.20. The van der Waals surface area contributed by atoms with Crippen molar-refractivity contribution in [3.8, 4) is 11.1 Å². The zero-order valence-corrected chi connectivity index (χ0v) is 19.4. The number of ether oxygens (including phenoxy) is 2. The first-order chi connectivity index (χ1) is 17.0. The molecule has 2 aliphatic carbocycles. The maximum Gasteiger partial charge on any atom is 0.407 e. The molecule has 2 fully saturated rings. The normalized spacial score (nSPS) is 21.6. The lowest BCUT2D eigenvalue weighted by Crippen LogP contribution is -2.41. The van der Waals surface area contributed by atoms with Gasteiger partial charge in [-0.3, -0.25) is 9.59 Å². The monoisotopic (exact) mass is 478 g/mol. The molecule has 1 saturated carbocycles. The van der Waals surface area contributed by atoms with Crippen LogP contribution in [0.3, 0.4) is 0 Å². The molecular formula is C27H30N2O6. The van der Waals surface area contributed by atoms with E-state index in [2.05, 4.69) is 34.9 Å². The topological polar surface area (TPSA) is 114 Å². The Morgan fingerprint density at radius 1 is 1.03 bits per heavy atom. The Kier molecular flexibility index (Phi) is 6.72. The molecule has 1 heterocycles. The van der Waals surface area contributed by atoms with Crippen molar-refractivity contribution < 1.29 is 29.0 Å². The first-order valence-corrected chi connectivity index (χ1v) is 12.2. The van der Waals surface area contributed by atoms with Gasteiger partial charge in [-0.1, -0.05) is 48.5 Å². The van der Waals surface area contributed by atoms with Crippen molar-refractivity contribution in [1.82, 2.24) is 10.6 Å². The van der Waals surface area contributed by atoms with Crippen molar-refractivity contribution in [2.45, 2.75) is 43.7 Å². The summed E-state index contributed by atoms with van der Waals surface area (Å²) >= 11 is 0. The number of carbonyl (C=O) groups is 3. The SMILES string of the molecule is O=C(O)CC(NC(=O)[C@@H]1CO[C@H](CNC(=O)OCC2c3ccccc3-c3ccccc32)C1)C1CC1. The number of carbonyl (C=O) groups excluding carboxylic acids is 2. The summed E-state index contributed by atoms with van der Waals surface area (Å²) in [4.78, 5) is 36.1. The lowest BCUT2D eigenvalue weighted by molar-refractivity contribution is -0.138. The van der Waals surface area contributed by atoms with Gasteiger partial charge in [-0.05, 0) is 47.4 Å². The molecule has 0 bridgehead atoms. The third-order valence-corrected chi connectivity index (χ3v) is 7.18. The summed E-state index contributed by atoms with van der Waals surface area (Å²) in [6, 6.07) is 16.0. The van der Waals surface area contributed by atoms with E-state index in [0.29, 0.717) is 6.42 Å². The number of nitrogens with one attached hydrogen (secondary N) is 2. The Labute approximate surface area is 204 Å². The van der Waals surface area contributed by atoms with Crippen LogP contribution in [-0.2, 0) is 19.1 Å². The van der Waals surface area contributed by atoms with Crippen molar-refractivity contribution in [1.29, 1.82) is 0 Å². The molecule has 2 aromatic rings. The van der Waals surface area contributed by atoms with E-state index in [9.17, 15) is 14.4 Å². The average Bonchev–Trinajstić information content (AvgIpc) is 3.51. The summed E-state index contributed by atoms with van der Waals surface area (Å²) in [6.45, 7) is 0.748. The number of carboxylic acids is 1. The number of rotatable bonds is 9. The van der Waals surface area contributed by atoms with Crippen LogP contribution in [0.2, 0.25) is 0 Å². The van der Waals surface area contributed by atoms with E-state index in [1.54, 1.807) is 0 Å². The minimum absolute atomic E-state index is 0.00540. The molecule has 1 saturated heterocycles. The van der Waals surface area contributed by atoms with Crippen LogP contribution in [-0.4, -0.2) is 55.0 Å². The van der Waals surface area contributed by atoms with Gasteiger partial charge in [0, 0.05) is 18.5 Å². The van der Waals surface area contributed by atoms with E-state index < -0.39 is 12.1 Å². The van der Waals surface area contributed by atoms with Crippen LogP contribution in [0.15, 0.2) is 48.5 Å². The fraction of sp³-hybridized carbons (Fsp3) is 0.444. The molecule has 0 radical (unpaired) electrons. The van der Waals surface area contributed by atoms with E-state index in [4.69, 9.17) is 14.6 Å². The number of fused-ring (bicyclic) bond motifs is 3. The van der Waals surface area contributed by atoms with E-state index in [0.717, 1.165) is 24.0 Å². The van der Waals surface area contributed by atoms with Crippen molar-refractivity contribution in [3.63, 3.8) is 0 Å². The molecule has 8 heteroatoms. The van der Waals surface area contributed by atoms with E-state index in [-0.39, 0.29) is 62.0 Å². The highest BCUT2D eigenvalue weighted by molar-refractivity contribution is 5.80. The number of carboxylic acid groups (broad SMARTS) is 1. The van der Waals surface area contributed by atoms with Gasteiger partial charge in [0.1, 0.15) is 6.61 Å². The fourth-order valence-corrected chi connectivity index (χ4v) is 5.20. The highest BCUT2D eigenvalue weighted by Gasteiger charge is 2.37. The second-order valence-electron chi connectivity index (χ2n) is 9.64. The van der Waals surface area contributed by atoms with Crippen LogP contribution in [0.1, 0.15) is 42.7 Å². The maximum atomic E-state index is 12.6. The van der Waals surface area contributed by atoms with Crippen molar-refractivity contribution in [2.24, 2.45) is 11.8 Å². The lowest BCUT2D eigenvalue weighted by atomic mass is 9.98. The van der Waals surface area contributed by atoms with E-state index >= 15 is 0 Å². The molecule has 35 heavy (non-hydrogen) atoms. The second-order valence-corrected chi connectivity index (χ2v) is 9.64. The maximum absolute atomic E-state index is 12.6. The second kappa shape index (κ2) is 10.1. The Hall–Kier alpha value is -3.39. The molecule has 8 nitrogen and oxygen atoms in total. The van der Waals surface area contributed by atoms with Crippen LogP contribution < -0.4 is 10.6 Å². The van der Waals surface area contributed by atoms with Gasteiger partial charge in [0.2, 0.25) is 5.91 Å². The minimum Gasteiger partial charge on any atom is -0.481 e. The lowest BCUT2D eigenvalue weighted by Gasteiger charge is -2.18. The molecule has 1 unspecified atom stereocenters. The third-order valence-electron chi connectivity index (χ3n) is 7.18. The van der Waals surface area contributed by atoms with Gasteiger partial charge in [0.05, 0.1) is 25.0 Å². The molecule has 2 aromatic carbocycles. The van der Waals surface area contributed by atoms with Gasteiger partial charge in [-0.25, -0.2) is 4.79 Å². The summed E-state index contributed by atoms with van der Waals surface area (Å²) in [5, 5.41) is 14.7. The van der Waals surface area contributed by atoms with Gasteiger partial charge in [-0.2, -0.15) is 0 Å². The van der Waals surface area contributed by atoms with Crippen LogP contribution in [0, 0.1) is 11.8 Å². The van der Waals surface area contributed by atoms with Gasteiger partial charge in [0.25, 0.3) is 0 Å². The number of alkyl carbamates (subject to hydrolysis) is 1. The molecule has 184 valence electrons. The Morgan fingerprint density at radius 2 is 1.69 bits per heavy atom. The number of hydrogen-bond acceptors (Lipinski definition) is 5. The van der Waals surface area contributed by atoms with E-state index in [1.165, 1.54) is 11.1 Å². The van der Waals surface area contributed by atoms with Gasteiger partial charge < -0.3 is 25.2 Å². The third kappa shape index (κ3) is 5.32. The van der Waals surface area contributed by atoms with Gasteiger partial charge >= 0.3 is 12.1 Å². The first kappa shape index (κ1) is 23.4. The zero-order chi connectivity index (χ0) is 24.4. The van der Waals surface area contributed by atoms with Crippen LogP contribution in [0.25, 0.3) is 11.1 Å². The summed E-state index contributed by atoms with van der Waals surface area (Å²) < 4.78 is 11.3. The number of hydrogen-bond donors (Lipinski definition) is 3. The molecule has 1 aliphatic heterocycles. The molecule has 5 rings (SSSR count). The summed E-state index contributed by atoms with van der Waals surface area (Å²) in [7, 11) is 0. The van der Waals surface area contributed by atoms with Crippen molar-refractivity contribution >= 4 is 18.0 Å². The first-order valence-electron chi connectivity index (χ1n) is 12.2. The van der Waals surface area contributed by atoms with Gasteiger partial charge in [0.15, 0.2) is 0 Å². The molecule has 3 atom stereocenters. The van der Waals surface area contributed by atoms with Crippen LogP contribution >= 0.6 is 0 Å². The number of aliphatic carboxylic acids is 1. The molecule has 0 spiro atoms. The Balaban J connectivity index is 1.08. The van der Waals surface area contributed by atoms with Crippen LogP contribution in [0.5, 0.6) is 0 Å². The summed E-state index contributed by atoms with van der Waals surface area (Å²) in [6.07, 6.45) is 1.51. The summed E-state index contributed by atoms with van der Waals surface area (Å²) in [5.41, 5.74) is 4.66. The zero-order valence-electron chi connectivity index (χ0n) is 19.4. The molecule has 3 N–H and O–H groups in total. The van der Waals surface area contributed by atoms with Crippen LogP contribution in [0.4, 0.5) is 4.79 Å². The predicted molar refractivity (Wildman–Crippen MR) is 128 cm³/mol.